The van der Waals surface area contributed by atoms with Crippen LogP contribution in [0.25, 0.3) is 0 Å². The van der Waals surface area contributed by atoms with E-state index in [4.69, 9.17) is 4.74 Å². The quantitative estimate of drug-likeness (QED) is 0.538. The van der Waals surface area contributed by atoms with Crippen molar-refractivity contribution in [3.8, 4) is 0 Å². The first-order valence-electron chi connectivity index (χ1n) is 5.53. The van der Waals surface area contributed by atoms with Crippen LogP contribution in [-0.2, 0) is 4.74 Å². The fourth-order valence-electron chi connectivity index (χ4n) is 1.44. The van der Waals surface area contributed by atoms with Crippen LogP contribution in [0.15, 0.2) is 30.3 Å². The summed E-state index contributed by atoms with van der Waals surface area (Å²) in [6.45, 7) is 3.91. The molecule has 1 unspecified atom stereocenters. The minimum absolute atomic E-state index is 0.496. The second-order valence-corrected chi connectivity index (χ2v) is 4.58. The maximum atomic E-state index is 5.63. The summed E-state index contributed by atoms with van der Waals surface area (Å²) in [6, 6.07) is 10.5. The summed E-state index contributed by atoms with van der Waals surface area (Å²) in [5, 5.41) is 1.07. The van der Waals surface area contributed by atoms with Crippen LogP contribution in [0.2, 0.25) is 0 Å². The van der Waals surface area contributed by atoms with Gasteiger partial charge >= 0.3 is 0 Å². The minimum atomic E-state index is 0.496. The van der Waals surface area contributed by atoms with E-state index in [1.807, 2.05) is 6.07 Å². The predicted molar refractivity (Wildman–Crippen MR) is 68.7 cm³/mol. The van der Waals surface area contributed by atoms with E-state index in [2.05, 4.69) is 47.1 Å². The molecule has 15 heavy (non-hydrogen) atoms. The molecular formula is C13H19BrO. The van der Waals surface area contributed by atoms with Crippen molar-refractivity contribution in [3.63, 3.8) is 0 Å². The number of hydrogen-bond acceptors (Lipinski definition) is 1. The first-order chi connectivity index (χ1) is 7.34. The van der Waals surface area contributed by atoms with Gasteiger partial charge in [-0.25, -0.2) is 0 Å². The summed E-state index contributed by atoms with van der Waals surface area (Å²) in [5.41, 5.74) is 1.36. The van der Waals surface area contributed by atoms with Gasteiger partial charge in [0.25, 0.3) is 0 Å². The summed E-state index contributed by atoms with van der Waals surface area (Å²) >= 11 is 3.41. The van der Waals surface area contributed by atoms with Gasteiger partial charge in [-0.3, -0.25) is 0 Å². The normalized spacial score (nSPS) is 12.7. The lowest BCUT2D eigenvalue weighted by Gasteiger charge is -2.12. The fourth-order valence-corrected chi connectivity index (χ4v) is 1.83. The van der Waals surface area contributed by atoms with E-state index in [0.29, 0.717) is 5.92 Å². The Morgan fingerprint density at radius 2 is 1.93 bits per heavy atom. The number of hydrogen-bond donors (Lipinski definition) is 0. The van der Waals surface area contributed by atoms with Crippen molar-refractivity contribution in [1.82, 2.24) is 0 Å². The summed E-state index contributed by atoms with van der Waals surface area (Å²) in [7, 11) is 0. The number of unbranched alkanes of at least 4 members (excludes halogenated alkanes) is 1. The standard InChI is InChI=1S/C13H19BrO/c1-12(11-15-10-6-5-9-14)13-7-3-2-4-8-13/h2-4,7-8,12H,5-6,9-11H2,1H3. The minimum Gasteiger partial charge on any atom is -0.381 e. The van der Waals surface area contributed by atoms with E-state index in [9.17, 15) is 0 Å². The van der Waals surface area contributed by atoms with Crippen molar-refractivity contribution in [1.29, 1.82) is 0 Å². The third-order valence-corrected chi connectivity index (χ3v) is 2.97. The van der Waals surface area contributed by atoms with Gasteiger partial charge in [0.1, 0.15) is 0 Å². The van der Waals surface area contributed by atoms with Crippen molar-refractivity contribution in [2.75, 3.05) is 18.5 Å². The SMILES string of the molecule is CC(COCCCCBr)c1ccccc1. The Kier molecular flexibility index (Phi) is 6.69. The molecule has 0 aliphatic carbocycles. The molecule has 0 amide bonds. The van der Waals surface area contributed by atoms with Gasteiger partial charge in [-0.2, -0.15) is 0 Å². The Hall–Kier alpha value is -0.340. The topological polar surface area (TPSA) is 9.23 Å². The van der Waals surface area contributed by atoms with Crippen LogP contribution in [-0.4, -0.2) is 18.5 Å². The lowest BCUT2D eigenvalue weighted by molar-refractivity contribution is 0.121. The molecule has 2 heteroatoms. The predicted octanol–water partition coefficient (Wildman–Crippen LogP) is 3.98. The summed E-state index contributed by atoms with van der Waals surface area (Å²) in [6.07, 6.45) is 2.34. The van der Waals surface area contributed by atoms with Crippen molar-refractivity contribution in [2.24, 2.45) is 0 Å². The van der Waals surface area contributed by atoms with Crippen LogP contribution in [0.5, 0.6) is 0 Å². The molecule has 1 aromatic rings. The smallest absolute Gasteiger partial charge is 0.0532 e. The molecule has 0 aliphatic rings. The number of halogens is 1. The number of benzene rings is 1. The van der Waals surface area contributed by atoms with Gasteiger partial charge in [-0.1, -0.05) is 53.2 Å². The van der Waals surface area contributed by atoms with Gasteiger partial charge in [0, 0.05) is 17.9 Å². The highest BCUT2D eigenvalue weighted by Gasteiger charge is 2.03. The fraction of sp³-hybridized carbons (Fsp3) is 0.538. The summed E-state index contributed by atoms with van der Waals surface area (Å²) < 4.78 is 5.63. The Balaban J connectivity index is 2.16. The zero-order valence-electron chi connectivity index (χ0n) is 9.29. The molecule has 0 radical (unpaired) electrons. The van der Waals surface area contributed by atoms with Gasteiger partial charge in [0.15, 0.2) is 0 Å². The van der Waals surface area contributed by atoms with Crippen LogP contribution in [0.3, 0.4) is 0 Å². The third-order valence-electron chi connectivity index (χ3n) is 2.41. The highest BCUT2D eigenvalue weighted by Crippen LogP contribution is 2.14. The lowest BCUT2D eigenvalue weighted by Crippen LogP contribution is -2.05. The van der Waals surface area contributed by atoms with Crippen LogP contribution in [0.1, 0.15) is 31.2 Å². The van der Waals surface area contributed by atoms with Gasteiger partial charge in [-0.15, -0.1) is 0 Å². The summed E-state index contributed by atoms with van der Waals surface area (Å²) in [4.78, 5) is 0. The second-order valence-electron chi connectivity index (χ2n) is 3.78. The molecule has 0 fully saturated rings. The van der Waals surface area contributed by atoms with E-state index < -0.39 is 0 Å². The second kappa shape index (κ2) is 7.89. The van der Waals surface area contributed by atoms with Crippen molar-refractivity contribution < 1.29 is 4.74 Å². The monoisotopic (exact) mass is 270 g/mol. The van der Waals surface area contributed by atoms with Crippen LogP contribution < -0.4 is 0 Å². The zero-order chi connectivity index (χ0) is 10.9. The molecular weight excluding hydrogens is 252 g/mol. The van der Waals surface area contributed by atoms with Gasteiger partial charge < -0.3 is 4.74 Å². The first-order valence-corrected chi connectivity index (χ1v) is 6.65. The van der Waals surface area contributed by atoms with Gasteiger partial charge in [0.2, 0.25) is 0 Å². The third kappa shape index (κ3) is 5.33. The average molecular weight is 271 g/mol. The van der Waals surface area contributed by atoms with Crippen molar-refractivity contribution in [2.45, 2.75) is 25.7 Å². The van der Waals surface area contributed by atoms with Gasteiger partial charge in [-0.05, 0) is 18.4 Å². The first kappa shape index (κ1) is 12.7. The van der Waals surface area contributed by atoms with Crippen LogP contribution >= 0.6 is 15.9 Å². The number of ether oxygens (including phenoxy) is 1. The lowest BCUT2D eigenvalue weighted by atomic mass is 10.0. The molecule has 0 aliphatic heterocycles. The molecule has 0 aromatic heterocycles. The summed E-state index contributed by atoms with van der Waals surface area (Å²) in [5.74, 6) is 0.496. The van der Waals surface area contributed by atoms with E-state index in [1.165, 1.54) is 12.0 Å². The number of alkyl halides is 1. The highest BCUT2D eigenvalue weighted by atomic mass is 79.9. The Morgan fingerprint density at radius 1 is 1.20 bits per heavy atom. The van der Waals surface area contributed by atoms with E-state index in [0.717, 1.165) is 25.0 Å². The largest absolute Gasteiger partial charge is 0.381 e. The highest BCUT2D eigenvalue weighted by molar-refractivity contribution is 9.09. The molecule has 0 saturated carbocycles. The molecule has 1 rings (SSSR count). The molecule has 0 N–H and O–H groups in total. The Labute approximate surface area is 101 Å². The maximum Gasteiger partial charge on any atom is 0.0532 e. The zero-order valence-corrected chi connectivity index (χ0v) is 10.9. The molecule has 0 spiro atoms. The average Bonchev–Trinajstić information content (AvgIpc) is 2.30. The molecule has 1 atom stereocenters. The molecule has 0 heterocycles. The molecule has 84 valence electrons. The van der Waals surface area contributed by atoms with Crippen LogP contribution in [0, 0.1) is 0 Å². The van der Waals surface area contributed by atoms with Gasteiger partial charge in [0.05, 0.1) is 6.61 Å². The molecule has 0 saturated heterocycles. The number of rotatable bonds is 7. The van der Waals surface area contributed by atoms with E-state index >= 15 is 0 Å². The Morgan fingerprint density at radius 3 is 2.60 bits per heavy atom. The van der Waals surface area contributed by atoms with E-state index in [-0.39, 0.29) is 0 Å². The van der Waals surface area contributed by atoms with Crippen LogP contribution in [0.4, 0.5) is 0 Å². The molecule has 1 aromatic carbocycles. The van der Waals surface area contributed by atoms with Crippen molar-refractivity contribution in [3.05, 3.63) is 35.9 Å². The van der Waals surface area contributed by atoms with E-state index in [1.54, 1.807) is 0 Å². The maximum absolute atomic E-state index is 5.63. The molecule has 1 nitrogen and oxygen atoms in total. The Bertz CT molecular complexity index is 248. The van der Waals surface area contributed by atoms with Crippen molar-refractivity contribution >= 4 is 15.9 Å². The molecule has 0 bridgehead atoms.